The Morgan fingerprint density at radius 1 is 1.19 bits per heavy atom. The first-order valence-corrected chi connectivity index (χ1v) is 7.12. The highest BCUT2D eigenvalue weighted by Gasteiger charge is 2.47. The number of benzene rings is 1. The van der Waals surface area contributed by atoms with Crippen LogP contribution in [0.1, 0.15) is 24.8 Å². The largest absolute Gasteiger partial charge is 0.496 e. The van der Waals surface area contributed by atoms with Crippen LogP contribution in [0.3, 0.4) is 0 Å². The molecule has 0 aliphatic heterocycles. The van der Waals surface area contributed by atoms with Crippen LogP contribution in [0.15, 0.2) is 48.7 Å². The van der Waals surface area contributed by atoms with E-state index < -0.39 is 5.41 Å². The van der Waals surface area contributed by atoms with Crippen molar-refractivity contribution in [3.63, 3.8) is 0 Å². The molecule has 0 bridgehead atoms. The van der Waals surface area contributed by atoms with Gasteiger partial charge in [-0.1, -0.05) is 30.7 Å². The molecule has 0 atom stereocenters. The molecule has 1 aromatic carbocycles. The molecule has 4 nitrogen and oxygen atoms in total. The van der Waals surface area contributed by atoms with E-state index in [1.165, 1.54) is 0 Å². The van der Waals surface area contributed by atoms with Crippen molar-refractivity contribution in [3.05, 3.63) is 54.2 Å². The highest BCUT2D eigenvalue weighted by Crippen LogP contribution is 2.47. The lowest BCUT2D eigenvalue weighted by Gasteiger charge is -2.41. The lowest BCUT2D eigenvalue weighted by atomic mass is 9.63. The molecule has 1 saturated carbocycles. The monoisotopic (exact) mass is 282 g/mol. The number of nitrogens with zero attached hydrogens (tertiary/aromatic N) is 1. The minimum Gasteiger partial charge on any atom is -0.496 e. The topological polar surface area (TPSA) is 51.2 Å². The third-order valence-electron chi connectivity index (χ3n) is 4.17. The summed E-state index contributed by atoms with van der Waals surface area (Å²) in [5, 5.41) is 2.93. The van der Waals surface area contributed by atoms with E-state index in [1.54, 1.807) is 19.4 Å². The van der Waals surface area contributed by atoms with E-state index >= 15 is 0 Å². The third-order valence-corrected chi connectivity index (χ3v) is 4.17. The Morgan fingerprint density at radius 3 is 2.57 bits per heavy atom. The summed E-state index contributed by atoms with van der Waals surface area (Å²) in [5.41, 5.74) is 0.469. The maximum absolute atomic E-state index is 12.8. The number of hydrogen-bond donors (Lipinski definition) is 1. The van der Waals surface area contributed by atoms with Gasteiger partial charge in [-0.3, -0.25) is 4.79 Å². The number of para-hydroxylation sites is 1. The summed E-state index contributed by atoms with van der Waals surface area (Å²) in [5.74, 6) is 1.36. The third kappa shape index (κ3) is 2.37. The van der Waals surface area contributed by atoms with E-state index in [9.17, 15) is 4.79 Å². The molecule has 2 aromatic rings. The molecule has 1 fully saturated rings. The first-order valence-electron chi connectivity index (χ1n) is 7.12. The Balaban J connectivity index is 1.91. The maximum Gasteiger partial charge on any atom is 0.236 e. The summed E-state index contributed by atoms with van der Waals surface area (Å²) in [6, 6.07) is 13.2. The average Bonchev–Trinajstić information content (AvgIpc) is 2.48. The van der Waals surface area contributed by atoms with Crippen molar-refractivity contribution in [3.8, 4) is 5.75 Å². The van der Waals surface area contributed by atoms with E-state index in [0.717, 1.165) is 30.6 Å². The van der Waals surface area contributed by atoms with Gasteiger partial charge in [-0.05, 0) is 31.0 Å². The normalized spacial score (nSPS) is 15.9. The number of rotatable bonds is 4. The second-order valence-electron chi connectivity index (χ2n) is 5.31. The highest BCUT2D eigenvalue weighted by atomic mass is 16.5. The van der Waals surface area contributed by atoms with Gasteiger partial charge >= 0.3 is 0 Å². The number of carbonyl (C=O) groups is 1. The Morgan fingerprint density at radius 2 is 1.95 bits per heavy atom. The van der Waals surface area contributed by atoms with Crippen molar-refractivity contribution in [2.45, 2.75) is 24.7 Å². The number of hydrogen-bond acceptors (Lipinski definition) is 3. The second-order valence-corrected chi connectivity index (χ2v) is 5.31. The smallest absolute Gasteiger partial charge is 0.236 e. The summed E-state index contributed by atoms with van der Waals surface area (Å²) >= 11 is 0. The van der Waals surface area contributed by atoms with Gasteiger partial charge in [0, 0.05) is 11.8 Å². The first-order chi connectivity index (χ1) is 10.3. The van der Waals surface area contributed by atoms with Crippen LogP contribution < -0.4 is 10.1 Å². The van der Waals surface area contributed by atoms with Crippen LogP contribution >= 0.6 is 0 Å². The van der Waals surface area contributed by atoms with Gasteiger partial charge in [-0.25, -0.2) is 4.98 Å². The van der Waals surface area contributed by atoms with Crippen molar-refractivity contribution in [2.75, 3.05) is 12.4 Å². The van der Waals surface area contributed by atoms with Crippen LogP contribution in [-0.2, 0) is 10.2 Å². The van der Waals surface area contributed by atoms with Crippen molar-refractivity contribution < 1.29 is 9.53 Å². The van der Waals surface area contributed by atoms with Gasteiger partial charge in [0.05, 0.1) is 12.5 Å². The quantitative estimate of drug-likeness (QED) is 0.937. The molecule has 1 aliphatic carbocycles. The number of carbonyl (C=O) groups excluding carboxylic acids is 1. The van der Waals surface area contributed by atoms with Crippen LogP contribution in [0, 0.1) is 0 Å². The van der Waals surface area contributed by atoms with Gasteiger partial charge in [0.2, 0.25) is 5.91 Å². The van der Waals surface area contributed by atoms with Crippen molar-refractivity contribution in [2.24, 2.45) is 0 Å². The van der Waals surface area contributed by atoms with E-state index in [1.807, 2.05) is 36.4 Å². The molecule has 0 spiro atoms. The summed E-state index contributed by atoms with van der Waals surface area (Å²) in [7, 11) is 1.64. The lowest BCUT2D eigenvalue weighted by molar-refractivity contribution is -0.124. The second kappa shape index (κ2) is 5.56. The molecule has 21 heavy (non-hydrogen) atoms. The standard InChI is InChI=1S/C17H18N2O2/c1-21-14-8-3-2-7-13(14)17(10-6-11-17)16(20)19-15-9-4-5-12-18-15/h2-5,7-9,12H,6,10-11H2,1H3,(H,18,19,20). The fourth-order valence-electron chi connectivity index (χ4n) is 2.86. The fraction of sp³-hybridized carbons (Fsp3) is 0.294. The number of aromatic nitrogens is 1. The first kappa shape index (κ1) is 13.6. The number of ether oxygens (including phenoxy) is 1. The Hall–Kier alpha value is -2.36. The molecule has 0 unspecified atom stereocenters. The zero-order valence-electron chi connectivity index (χ0n) is 12.0. The summed E-state index contributed by atoms with van der Waals surface area (Å²) in [6.45, 7) is 0. The van der Waals surface area contributed by atoms with Crippen molar-refractivity contribution in [1.82, 2.24) is 4.98 Å². The summed E-state index contributed by atoms with van der Waals surface area (Å²) in [6.07, 6.45) is 4.40. The van der Waals surface area contributed by atoms with Crippen LogP contribution in [0.2, 0.25) is 0 Å². The van der Waals surface area contributed by atoms with Gasteiger partial charge in [-0.2, -0.15) is 0 Å². The molecule has 1 amide bonds. The predicted molar refractivity (Wildman–Crippen MR) is 81.4 cm³/mol. The Bertz CT molecular complexity index is 636. The molecule has 108 valence electrons. The lowest BCUT2D eigenvalue weighted by Crippen LogP contribution is -2.46. The molecular formula is C17H18N2O2. The fourth-order valence-corrected chi connectivity index (χ4v) is 2.86. The number of anilines is 1. The summed E-state index contributed by atoms with van der Waals surface area (Å²) < 4.78 is 5.43. The van der Waals surface area contributed by atoms with Gasteiger partial charge in [0.15, 0.2) is 0 Å². The molecule has 3 rings (SSSR count). The molecule has 4 heteroatoms. The van der Waals surface area contributed by atoms with Crippen molar-refractivity contribution in [1.29, 1.82) is 0 Å². The van der Waals surface area contributed by atoms with Crippen LogP contribution in [0.5, 0.6) is 5.75 Å². The molecular weight excluding hydrogens is 264 g/mol. The van der Waals surface area contributed by atoms with Crippen LogP contribution in [-0.4, -0.2) is 18.0 Å². The SMILES string of the molecule is COc1ccccc1C1(C(=O)Nc2ccccn2)CCC1. The molecule has 1 heterocycles. The van der Waals surface area contributed by atoms with Crippen LogP contribution in [0.4, 0.5) is 5.82 Å². The number of methoxy groups -OCH3 is 1. The highest BCUT2D eigenvalue weighted by molar-refractivity contribution is 5.99. The van der Waals surface area contributed by atoms with E-state index in [0.29, 0.717) is 5.82 Å². The molecule has 1 N–H and O–H groups in total. The van der Waals surface area contributed by atoms with Gasteiger partial charge in [-0.15, -0.1) is 0 Å². The Kier molecular flexibility index (Phi) is 3.60. The van der Waals surface area contributed by atoms with Gasteiger partial charge < -0.3 is 10.1 Å². The predicted octanol–water partition coefficient (Wildman–Crippen LogP) is 3.15. The zero-order chi connectivity index (χ0) is 14.7. The van der Waals surface area contributed by atoms with E-state index in [2.05, 4.69) is 10.3 Å². The maximum atomic E-state index is 12.8. The van der Waals surface area contributed by atoms with Gasteiger partial charge in [0.1, 0.15) is 11.6 Å². The number of nitrogens with one attached hydrogen (secondary N) is 1. The van der Waals surface area contributed by atoms with Crippen LogP contribution in [0.25, 0.3) is 0 Å². The van der Waals surface area contributed by atoms with Crippen molar-refractivity contribution >= 4 is 11.7 Å². The van der Waals surface area contributed by atoms with E-state index in [4.69, 9.17) is 4.74 Å². The minimum absolute atomic E-state index is 0.00282. The Labute approximate surface area is 124 Å². The molecule has 1 aromatic heterocycles. The summed E-state index contributed by atoms with van der Waals surface area (Å²) in [4.78, 5) is 16.9. The zero-order valence-corrected chi connectivity index (χ0v) is 12.0. The molecule has 0 saturated heterocycles. The van der Waals surface area contributed by atoms with E-state index in [-0.39, 0.29) is 5.91 Å². The van der Waals surface area contributed by atoms with Gasteiger partial charge in [0.25, 0.3) is 0 Å². The average molecular weight is 282 g/mol. The molecule has 0 radical (unpaired) electrons. The molecule has 1 aliphatic rings. The minimum atomic E-state index is -0.496. The number of amides is 1. The number of pyridine rings is 1.